The summed E-state index contributed by atoms with van der Waals surface area (Å²) in [6.07, 6.45) is 5.69. The van der Waals surface area contributed by atoms with Crippen molar-refractivity contribution in [2.45, 2.75) is 57.5 Å². The molecule has 5 nitrogen and oxygen atoms in total. The zero-order chi connectivity index (χ0) is 25.5. The van der Waals surface area contributed by atoms with Crippen LogP contribution in [0.15, 0.2) is 48.5 Å². The van der Waals surface area contributed by atoms with Crippen LogP contribution in [0.5, 0.6) is 5.75 Å². The lowest BCUT2D eigenvalue weighted by Crippen LogP contribution is -2.31. The van der Waals surface area contributed by atoms with Gasteiger partial charge in [0.05, 0.1) is 18.2 Å². The molecule has 2 unspecified atom stereocenters. The summed E-state index contributed by atoms with van der Waals surface area (Å²) in [7, 11) is 1.33. The molecule has 1 N–H and O–H groups in total. The third-order valence-corrected chi connectivity index (χ3v) is 8.87. The van der Waals surface area contributed by atoms with Gasteiger partial charge in [-0.15, -0.1) is 11.3 Å². The minimum Gasteiger partial charge on any atom is -0.482 e. The second-order valence-electron chi connectivity index (χ2n) is 9.55. The van der Waals surface area contributed by atoms with E-state index in [2.05, 4.69) is 10.8 Å². The first-order valence-electron chi connectivity index (χ1n) is 12.6. The van der Waals surface area contributed by atoms with Crippen LogP contribution >= 0.6 is 22.9 Å². The summed E-state index contributed by atoms with van der Waals surface area (Å²) in [4.78, 5) is 25.3. The summed E-state index contributed by atoms with van der Waals surface area (Å²) in [6.45, 7) is -0.143. The van der Waals surface area contributed by atoms with Crippen molar-refractivity contribution < 1.29 is 24.2 Å². The van der Waals surface area contributed by atoms with E-state index < -0.39 is 12.1 Å². The van der Waals surface area contributed by atoms with Crippen LogP contribution < -0.4 is 4.74 Å². The van der Waals surface area contributed by atoms with Gasteiger partial charge in [0.2, 0.25) is 0 Å². The van der Waals surface area contributed by atoms with E-state index in [-0.39, 0.29) is 18.4 Å². The lowest BCUT2D eigenvalue weighted by atomic mass is 9.73. The molecule has 1 aliphatic carbocycles. The van der Waals surface area contributed by atoms with E-state index in [0.717, 1.165) is 46.5 Å². The molecule has 1 aliphatic rings. The minimum atomic E-state index is -0.434. The van der Waals surface area contributed by atoms with Crippen LogP contribution in [0.4, 0.5) is 0 Å². The molecule has 1 saturated carbocycles. The second-order valence-corrected chi connectivity index (χ2v) is 11.1. The molecule has 7 heteroatoms. The molecule has 1 aromatic heterocycles. The molecule has 0 bridgehead atoms. The average molecular weight is 529 g/mol. The number of rotatable bonds is 11. The Bertz CT molecular complexity index is 1190. The summed E-state index contributed by atoms with van der Waals surface area (Å²) in [5.74, 6) is 0.662. The maximum Gasteiger partial charge on any atom is 0.343 e. The summed E-state index contributed by atoms with van der Waals surface area (Å²) >= 11 is 8.26. The average Bonchev–Trinajstić information content (AvgIpc) is 3.22. The molecule has 36 heavy (non-hydrogen) atoms. The topological polar surface area (TPSA) is 72.8 Å². The Morgan fingerprint density at radius 3 is 2.83 bits per heavy atom. The van der Waals surface area contributed by atoms with E-state index in [0.29, 0.717) is 37.2 Å². The van der Waals surface area contributed by atoms with E-state index in [1.165, 1.54) is 11.8 Å². The molecular weight excluding hydrogens is 496 g/mol. The number of ether oxygens (including phenoxy) is 2. The standard InChI is InChI=1S/C29H33ClO5S/c1-34-28(33)18-35-22-8-4-6-19(16-22)17-24-20(7-5-10-25(24)32)12-13-21(31)14-15-27-29(30)23-9-2-3-11-26(23)36-27/h2-4,6,8-9,11,16,20-21,24,31H,5,7,10,12-15,17-18H2,1H3/t20-,21?,24?/m1/s1. The number of esters is 1. The first kappa shape index (κ1) is 26.6. The molecule has 2 aromatic carbocycles. The zero-order valence-electron chi connectivity index (χ0n) is 20.6. The lowest BCUT2D eigenvalue weighted by molar-refractivity contribution is -0.142. The predicted molar refractivity (Wildman–Crippen MR) is 144 cm³/mol. The van der Waals surface area contributed by atoms with Crippen LogP contribution in [0.25, 0.3) is 10.1 Å². The molecule has 4 rings (SSSR count). The number of fused-ring (bicyclic) bond motifs is 1. The van der Waals surface area contributed by atoms with Crippen LogP contribution in [0, 0.1) is 11.8 Å². The Hall–Kier alpha value is -2.41. The number of aliphatic hydroxyl groups is 1. The van der Waals surface area contributed by atoms with Gasteiger partial charge < -0.3 is 14.6 Å². The Morgan fingerprint density at radius 1 is 1.19 bits per heavy atom. The molecule has 3 atom stereocenters. The van der Waals surface area contributed by atoms with Gasteiger partial charge in [-0.3, -0.25) is 4.79 Å². The van der Waals surface area contributed by atoms with E-state index >= 15 is 0 Å². The normalized spacial score (nSPS) is 18.8. The van der Waals surface area contributed by atoms with Crippen LogP contribution in [-0.4, -0.2) is 36.7 Å². The van der Waals surface area contributed by atoms with Crippen molar-refractivity contribution >= 4 is 44.8 Å². The lowest BCUT2D eigenvalue weighted by Gasteiger charge is -2.31. The van der Waals surface area contributed by atoms with Crippen molar-refractivity contribution in [2.24, 2.45) is 11.8 Å². The fourth-order valence-corrected chi connectivity index (χ4v) is 6.65. The van der Waals surface area contributed by atoms with Gasteiger partial charge in [-0.05, 0) is 74.6 Å². The maximum atomic E-state index is 12.9. The van der Waals surface area contributed by atoms with E-state index in [9.17, 15) is 14.7 Å². The Balaban J connectivity index is 1.31. The van der Waals surface area contributed by atoms with Gasteiger partial charge in [0.15, 0.2) is 6.61 Å². The number of carbonyl (C=O) groups is 2. The molecule has 192 valence electrons. The third-order valence-electron chi connectivity index (χ3n) is 7.10. The molecule has 0 saturated heterocycles. The third kappa shape index (κ3) is 6.87. The molecule has 3 aromatic rings. The van der Waals surface area contributed by atoms with Crippen LogP contribution in [0.1, 0.15) is 49.0 Å². The van der Waals surface area contributed by atoms with E-state index in [1.807, 2.05) is 36.4 Å². The second kappa shape index (κ2) is 12.7. The number of aryl methyl sites for hydroxylation is 1. The number of carbonyl (C=O) groups excluding carboxylic acids is 2. The first-order chi connectivity index (χ1) is 17.4. The number of ketones is 1. The molecule has 0 amide bonds. The number of halogens is 1. The SMILES string of the molecule is COC(=O)COc1cccc(CC2C(=O)CCC[C@@H]2CCC(O)CCc2sc3ccccc3c2Cl)c1. The van der Waals surface area contributed by atoms with Gasteiger partial charge in [0.1, 0.15) is 11.5 Å². The molecule has 1 heterocycles. The fraction of sp³-hybridized carbons (Fsp3) is 0.448. The van der Waals surface area contributed by atoms with Crippen molar-refractivity contribution in [2.75, 3.05) is 13.7 Å². The number of thiophene rings is 1. The fourth-order valence-electron chi connectivity index (χ4n) is 5.11. The van der Waals surface area contributed by atoms with Crippen LogP contribution in [-0.2, 0) is 27.2 Å². The number of aliphatic hydroxyl groups excluding tert-OH is 1. The largest absolute Gasteiger partial charge is 0.482 e. The number of methoxy groups -OCH3 is 1. The molecule has 1 fully saturated rings. The number of hydrogen-bond acceptors (Lipinski definition) is 6. The highest BCUT2D eigenvalue weighted by Crippen LogP contribution is 2.37. The number of Topliss-reactive ketones (excluding diaryl/α,β-unsaturated/α-hetero) is 1. The van der Waals surface area contributed by atoms with E-state index in [4.69, 9.17) is 16.3 Å². The van der Waals surface area contributed by atoms with Gasteiger partial charge in [0.25, 0.3) is 0 Å². The summed E-state index contributed by atoms with van der Waals surface area (Å²) in [5, 5.41) is 12.6. The molecule has 0 aliphatic heterocycles. The Labute approximate surface area is 221 Å². The monoisotopic (exact) mass is 528 g/mol. The van der Waals surface area contributed by atoms with E-state index in [1.54, 1.807) is 17.4 Å². The van der Waals surface area contributed by atoms with Crippen molar-refractivity contribution in [1.29, 1.82) is 0 Å². The predicted octanol–water partition coefficient (Wildman–Crippen LogP) is 6.41. The molecule has 0 spiro atoms. The maximum absolute atomic E-state index is 12.9. The van der Waals surface area contributed by atoms with Crippen LogP contribution in [0.2, 0.25) is 5.02 Å². The van der Waals surface area contributed by atoms with Crippen LogP contribution in [0.3, 0.4) is 0 Å². The summed E-state index contributed by atoms with van der Waals surface area (Å²) < 4.78 is 11.3. The quantitative estimate of drug-likeness (QED) is 0.291. The van der Waals surface area contributed by atoms with Gasteiger partial charge in [0, 0.05) is 27.3 Å². The zero-order valence-corrected chi connectivity index (χ0v) is 22.2. The smallest absolute Gasteiger partial charge is 0.343 e. The minimum absolute atomic E-state index is 0.0566. The highest BCUT2D eigenvalue weighted by atomic mass is 35.5. The van der Waals surface area contributed by atoms with Crippen molar-refractivity contribution in [3.8, 4) is 5.75 Å². The van der Waals surface area contributed by atoms with Crippen molar-refractivity contribution in [3.05, 3.63) is 64.0 Å². The number of benzene rings is 2. The van der Waals surface area contributed by atoms with Gasteiger partial charge in [-0.25, -0.2) is 4.79 Å². The molecular formula is C29H33ClO5S. The highest BCUT2D eigenvalue weighted by molar-refractivity contribution is 7.19. The summed E-state index contributed by atoms with van der Waals surface area (Å²) in [6, 6.07) is 15.7. The molecule has 0 radical (unpaired) electrons. The highest BCUT2D eigenvalue weighted by Gasteiger charge is 2.32. The number of hydrogen-bond donors (Lipinski definition) is 1. The van der Waals surface area contributed by atoms with Gasteiger partial charge in [-0.2, -0.15) is 0 Å². The Morgan fingerprint density at radius 2 is 2.03 bits per heavy atom. The first-order valence-corrected chi connectivity index (χ1v) is 13.8. The summed E-state index contributed by atoms with van der Waals surface area (Å²) in [5.41, 5.74) is 1.02. The Kier molecular flexibility index (Phi) is 9.41. The van der Waals surface area contributed by atoms with Gasteiger partial charge in [-0.1, -0.05) is 41.9 Å². The van der Waals surface area contributed by atoms with Gasteiger partial charge >= 0.3 is 5.97 Å². The van der Waals surface area contributed by atoms with Crippen molar-refractivity contribution in [3.63, 3.8) is 0 Å². The van der Waals surface area contributed by atoms with Crippen molar-refractivity contribution in [1.82, 2.24) is 0 Å².